The summed E-state index contributed by atoms with van der Waals surface area (Å²) in [4.78, 5) is 16.0. The van der Waals surface area contributed by atoms with Gasteiger partial charge in [0, 0.05) is 23.1 Å². The van der Waals surface area contributed by atoms with Crippen LogP contribution in [0.2, 0.25) is 0 Å². The van der Waals surface area contributed by atoms with E-state index in [4.69, 9.17) is 18.9 Å². The Labute approximate surface area is 188 Å². The Balaban J connectivity index is 1.08. The molecule has 0 saturated carbocycles. The van der Waals surface area contributed by atoms with Crippen molar-refractivity contribution in [2.75, 3.05) is 13.2 Å². The summed E-state index contributed by atoms with van der Waals surface area (Å²) in [6.07, 6.45) is 1.74. The quantitative estimate of drug-likeness (QED) is 0.208. The van der Waals surface area contributed by atoms with Gasteiger partial charge in [-0.2, -0.15) is 0 Å². The molecule has 6 heteroatoms. The SMILES string of the molecule is O=c1ccc2ccc(OCCCCOc3ccc(-c4nc5ccccc5s4)cc3)cc2o1. The molecule has 3 aromatic carbocycles. The standard InChI is InChI=1S/C26H21NO4S/c28-25-14-10-18-7-13-21(17-23(18)31-25)30-16-4-3-15-29-20-11-8-19(9-12-20)26-27-22-5-1-2-6-24(22)32-26/h1-2,5-14,17H,3-4,15-16H2. The summed E-state index contributed by atoms with van der Waals surface area (Å²) in [5.41, 5.74) is 2.30. The molecule has 160 valence electrons. The molecule has 32 heavy (non-hydrogen) atoms. The third-order valence-electron chi connectivity index (χ3n) is 5.07. The van der Waals surface area contributed by atoms with Gasteiger partial charge in [0.2, 0.25) is 0 Å². The number of thiazole rings is 1. The Morgan fingerprint density at radius 3 is 2.34 bits per heavy atom. The van der Waals surface area contributed by atoms with Crippen molar-refractivity contribution < 1.29 is 13.9 Å². The second-order valence-electron chi connectivity index (χ2n) is 7.37. The van der Waals surface area contributed by atoms with Gasteiger partial charge in [-0.25, -0.2) is 9.78 Å². The summed E-state index contributed by atoms with van der Waals surface area (Å²) in [6.45, 7) is 1.19. The minimum absolute atomic E-state index is 0.361. The zero-order valence-corrected chi connectivity index (χ0v) is 18.1. The van der Waals surface area contributed by atoms with Crippen LogP contribution < -0.4 is 15.1 Å². The fraction of sp³-hybridized carbons (Fsp3) is 0.154. The molecule has 0 N–H and O–H groups in total. The molecule has 2 aromatic heterocycles. The second kappa shape index (κ2) is 9.24. The summed E-state index contributed by atoms with van der Waals surface area (Å²) >= 11 is 1.70. The zero-order valence-electron chi connectivity index (χ0n) is 17.3. The van der Waals surface area contributed by atoms with Crippen LogP contribution in [0.4, 0.5) is 0 Å². The molecule has 0 atom stereocenters. The van der Waals surface area contributed by atoms with Gasteiger partial charge in [0.1, 0.15) is 22.1 Å². The molecular formula is C26H21NO4S. The smallest absolute Gasteiger partial charge is 0.336 e. The third-order valence-corrected chi connectivity index (χ3v) is 6.15. The molecule has 5 rings (SSSR count). The first-order valence-electron chi connectivity index (χ1n) is 10.5. The van der Waals surface area contributed by atoms with Gasteiger partial charge in [-0.15, -0.1) is 11.3 Å². The topological polar surface area (TPSA) is 61.6 Å². The molecule has 5 nitrogen and oxygen atoms in total. The number of hydrogen-bond acceptors (Lipinski definition) is 6. The lowest BCUT2D eigenvalue weighted by Crippen LogP contribution is -2.02. The van der Waals surface area contributed by atoms with E-state index in [1.165, 1.54) is 10.8 Å². The maximum Gasteiger partial charge on any atom is 0.336 e. The monoisotopic (exact) mass is 443 g/mol. The van der Waals surface area contributed by atoms with Crippen molar-refractivity contribution in [2.45, 2.75) is 12.8 Å². The van der Waals surface area contributed by atoms with Gasteiger partial charge in [-0.1, -0.05) is 12.1 Å². The highest BCUT2D eigenvalue weighted by Crippen LogP contribution is 2.30. The molecule has 0 spiro atoms. The summed E-state index contributed by atoms with van der Waals surface area (Å²) in [6, 6.07) is 24.9. The van der Waals surface area contributed by atoms with E-state index in [0.29, 0.717) is 24.5 Å². The maximum absolute atomic E-state index is 11.3. The van der Waals surface area contributed by atoms with Gasteiger partial charge in [0.15, 0.2) is 0 Å². The highest BCUT2D eigenvalue weighted by atomic mass is 32.1. The molecule has 0 saturated heterocycles. The van der Waals surface area contributed by atoms with Crippen LogP contribution in [0.25, 0.3) is 31.8 Å². The fourth-order valence-corrected chi connectivity index (χ4v) is 4.38. The van der Waals surface area contributed by atoms with Gasteiger partial charge in [-0.3, -0.25) is 0 Å². The van der Waals surface area contributed by atoms with Crippen LogP contribution in [0.1, 0.15) is 12.8 Å². The van der Waals surface area contributed by atoms with E-state index in [2.05, 4.69) is 6.07 Å². The summed E-state index contributed by atoms with van der Waals surface area (Å²) < 4.78 is 18.0. The van der Waals surface area contributed by atoms with Crippen LogP contribution in [0.15, 0.2) is 88.1 Å². The van der Waals surface area contributed by atoms with E-state index < -0.39 is 0 Å². The minimum Gasteiger partial charge on any atom is -0.494 e. The van der Waals surface area contributed by atoms with Gasteiger partial charge >= 0.3 is 5.63 Å². The van der Waals surface area contributed by atoms with E-state index in [0.717, 1.165) is 40.1 Å². The minimum atomic E-state index is -0.361. The van der Waals surface area contributed by atoms with Gasteiger partial charge in [-0.05, 0) is 67.4 Å². The first-order valence-corrected chi connectivity index (χ1v) is 11.3. The lowest BCUT2D eigenvalue weighted by molar-refractivity contribution is 0.266. The van der Waals surface area contributed by atoms with Crippen LogP contribution in [0, 0.1) is 0 Å². The Bertz CT molecular complexity index is 1370. The van der Waals surface area contributed by atoms with Crippen molar-refractivity contribution in [3.63, 3.8) is 0 Å². The Morgan fingerprint density at radius 2 is 1.53 bits per heavy atom. The predicted molar refractivity (Wildman–Crippen MR) is 128 cm³/mol. The van der Waals surface area contributed by atoms with Gasteiger partial charge < -0.3 is 13.9 Å². The first-order chi connectivity index (χ1) is 15.7. The molecule has 0 radical (unpaired) electrons. The number of hydrogen-bond donors (Lipinski definition) is 0. The van der Waals surface area contributed by atoms with E-state index in [1.54, 1.807) is 23.5 Å². The number of rotatable bonds is 8. The fourth-order valence-electron chi connectivity index (χ4n) is 3.40. The first kappa shape index (κ1) is 20.3. The normalized spacial score (nSPS) is 11.1. The highest BCUT2D eigenvalue weighted by Gasteiger charge is 2.06. The maximum atomic E-state index is 11.3. The lowest BCUT2D eigenvalue weighted by Gasteiger charge is -2.08. The van der Waals surface area contributed by atoms with E-state index in [-0.39, 0.29) is 5.63 Å². The van der Waals surface area contributed by atoms with Crippen molar-refractivity contribution in [1.82, 2.24) is 4.98 Å². The van der Waals surface area contributed by atoms with E-state index in [9.17, 15) is 4.79 Å². The molecule has 2 heterocycles. The molecule has 0 fully saturated rings. The number of aromatic nitrogens is 1. The Morgan fingerprint density at radius 1 is 0.812 bits per heavy atom. The van der Waals surface area contributed by atoms with Crippen LogP contribution >= 0.6 is 11.3 Å². The highest BCUT2D eigenvalue weighted by molar-refractivity contribution is 7.21. The second-order valence-corrected chi connectivity index (χ2v) is 8.40. The number of unbranched alkanes of at least 4 members (excludes halogenated alkanes) is 1. The van der Waals surface area contributed by atoms with Crippen LogP contribution in [-0.2, 0) is 0 Å². The van der Waals surface area contributed by atoms with E-state index in [1.807, 2.05) is 54.6 Å². The Kier molecular flexibility index (Phi) is 5.85. The number of benzene rings is 3. The van der Waals surface area contributed by atoms with Crippen LogP contribution in [0.5, 0.6) is 11.5 Å². The Hall–Kier alpha value is -3.64. The summed E-state index contributed by atoms with van der Waals surface area (Å²) in [5, 5.41) is 1.89. The molecular weight excluding hydrogens is 422 g/mol. The molecule has 0 aliphatic carbocycles. The van der Waals surface area contributed by atoms with Crippen molar-refractivity contribution in [3.8, 4) is 22.1 Å². The average molecular weight is 444 g/mol. The van der Waals surface area contributed by atoms with Gasteiger partial charge in [0.25, 0.3) is 0 Å². The van der Waals surface area contributed by atoms with Crippen molar-refractivity contribution >= 4 is 32.5 Å². The number of para-hydroxylation sites is 1. The van der Waals surface area contributed by atoms with Gasteiger partial charge in [0.05, 0.1) is 23.4 Å². The summed E-state index contributed by atoms with van der Waals surface area (Å²) in [7, 11) is 0. The summed E-state index contributed by atoms with van der Waals surface area (Å²) in [5.74, 6) is 1.54. The largest absolute Gasteiger partial charge is 0.494 e. The van der Waals surface area contributed by atoms with Crippen molar-refractivity contribution in [1.29, 1.82) is 0 Å². The van der Waals surface area contributed by atoms with E-state index >= 15 is 0 Å². The van der Waals surface area contributed by atoms with Crippen molar-refractivity contribution in [2.24, 2.45) is 0 Å². The van der Waals surface area contributed by atoms with Crippen molar-refractivity contribution in [3.05, 3.63) is 89.3 Å². The molecule has 0 unspecified atom stereocenters. The third kappa shape index (κ3) is 4.65. The predicted octanol–water partition coefficient (Wildman–Crippen LogP) is 6.31. The lowest BCUT2D eigenvalue weighted by atomic mass is 10.2. The molecule has 0 aliphatic rings. The molecule has 0 bridgehead atoms. The van der Waals surface area contributed by atoms with Crippen LogP contribution in [-0.4, -0.2) is 18.2 Å². The number of ether oxygens (including phenoxy) is 2. The zero-order chi connectivity index (χ0) is 21.8. The number of fused-ring (bicyclic) bond motifs is 2. The average Bonchev–Trinajstić information content (AvgIpc) is 3.26. The molecule has 0 amide bonds. The molecule has 0 aliphatic heterocycles. The van der Waals surface area contributed by atoms with Crippen LogP contribution in [0.3, 0.4) is 0 Å². The number of nitrogens with zero attached hydrogens (tertiary/aromatic N) is 1. The molecule has 5 aromatic rings.